The lowest BCUT2D eigenvalue weighted by Crippen LogP contribution is -2.27. The third-order valence-electron chi connectivity index (χ3n) is 2.53. The van der Waals surface area contributed by atoms with Crippen LogP contribution in [0.2, 0.25) is 0 Å². The maximum atomic E-state index is 4.15. The van der Waals surface area contributed by atoms with Crippen LogP contribution >= 0.6 is 11.3 Å². The van der Waals surface area contributed by atoms with E-state index in [9.17, 15) is 0 Å². The molecule has 0 aliphatic rings. The van der Waals surface area contributed by atoms with Crippen molar-refractivity contribution in [1.29, 1.82) is 0 Å². The van der Waals surface area contributed by atoms with Gasteiger partial charge in [-0.25, -0.2) is 0 Å². The molecule has 0 aliphatic heterocycles. The first-order valence-corrected chi connectivity index (χ1v) is 6.40. The molecule has 0 radical (unpaired) electrons. The summed E-state index contributed by atoms with van der Waals surface area (Å²) in [6, 6.07) is 2.68. The van der Waals surface area contributed by atoms with Gasteiger partial charge in [-0.1, -0.05) is 0 Å². The first-order valence-electron chi connectivity index (χ1n) is 5.46. The summed E-state index contributed by atoms with van der Waals surface area (Å²) in [7, 11) is 1.94. The molecular weight excluding hydrogens is 218 g/mol. The van der Waals surface area contributed by atoms with Gasteiger partial charge < -0.3 is 5.32 Å². The summed E-state index contributed by atoms with van der Waals surface area (Å²) in [6.45, 7) is 3.10. The molecule has 0 aromatic carbocycles. The van der Waals surface area contributed by atoms with Crippen molar-refractivity contribution in [3.63, 3.8) is 0 Å². The van der Waals surface area contributed by atoms with Gasteiger partial charge in [-0.2, -0.15) is 16.4 Å². The van der Waals surface area contributed by atoms with Crippen molar-refractivity contribution in [2.24, 2.45) is 7.05 Å². The number of aromatic nitrogens is 2. The van der Waals surface area contributed by atoms with Gasteiger partial charge in [0.1, 0.15) is 0 Å². The molecule has 0 spiro atoms. The first kappa shape index (κ1) is 11.4. The smallest absolute Gasteiger partial charge is 0.0534 e. The van der Waals surface area contributed by atoms with E-state index in [0.29, 0.717) is 6.04 Å². The van der Waals surface area contributed by atoms with Crippen LogP contribution in [-0.2, 0) is 20.0 Å². The highest BCUT2D eigenvalue weighted by Gasteiger charge is 2.04. The lowest BCUT2D eigenvalue weighted by Gasteiger charge is -2.11. The van der Waals surface area contributed by atoms with Crippen molar-refractivity contribution in [2.45, 2.75) is 25.9 Å². The van der Waals surface area contributed by atoms with E-state index >= 15 is 0 Å². The Bertz CT molecular complexity index is 419. The summed E-state index contributed by atoms with van der Waals surface area (Å²) in [6.07, 6.45) is 5.04. The summed E-state index contributed by atoms with van der Waals surface area (Å²) >= 11 is 1.76. The molecular formula is C12H17N3S. The fraction of sp³-hybridized carbons (Fsp3) is 0.417. The molecule has 0 saturated carbocycles. The van der Waals surface area contributed by atoms with E-state index in [-0.39, 0.29) is 0 Å². The van der Waals surface area contributed by atoms with Gasteiger partial charge in [0.2, 0.25) is 0 Å². The highest BCUT2D eigenvalue weighted by molar-refractivity contribution is 7.07. The summed E-state index contributed by atoms with van der Waals surface area (Å²) in [5.41, 5.74) is 2.65. The number of nitrogens with one attached hydrogen (secondary N) is 1. The normalized spacial score (nSPS) is 12.9. The Morgan fingerprint density at radius 2 is 2.38 bits per heavy atom. The molecule has 2 aromatic heterocycles. The van der Waals surface area contributed by atoms with Gasteiger partial charge in [-0.3, -0.25) is 4.68 Å². The van der Waals surface area contributed by atoms with E-state index in [2.05, 4.69) is 34.2 Å². The van der Waals surface area contributed by atoms with Crippen LogP contribution in [0.4, 0.5) is 0 Å². The van der Waals surface area contributed by atoms with Crippen molar-refractivity contribution in [1.82, 2.24) is 15.1 Å². The van der Waals surface area contributed by atoms with Crippen LogP contribution in [0.25, 0.3) is 0 Å². The molecule has 1 atom stereocenters. The lowest BCUT2D eigenvalue weighted by atomic mass is 10.1. The van der Waals surface area contributed by atoms with Crippen LogP contribution < -0.4 is 5.32 Å². The fourth-order valence-corrected chi connectivity index (χ4v) is 2.37. The predicted molar refractivity (Wildman–Crippen MR) is 67.5 cm³/mol. The first-order chi connectivity index (χ1) is 7.74. The Hall–Kier alpha value is -1.13. The maximum Gasteiger partial charge on any atom is 0.0534 e. The predicted octanol–water partition coefficient (Wildman–Crippen LogP) is 2.20. The Morgan fingerprint density at radius 3 is 3.00 bits per heavy atom. The standard InChI is InChI=1S/C12H17N3S/c1-10(5-11-3-4-16-9-11)13-6-12-7-14-15(2)8-12/h3-4,7-10,13H,5-6H2,1-2H3. The van der Waals surface area contributed by atoms with E-state index in [4.69, 9.17) is 0 Å². The van der Waals surface area contributed by atoms with E-state index in [1.54, 1.807) is 11.3 Å². The van der Waals surface area contributed by atoms with Crippen LogP contribution in [0, 0.1) is 0 Å². The second-order valence-corrected chi connectivity index (χ2v) is 4.92. The molecule has 4 heteroatoms. The molecule has 0 bridgehead atoms. The van der Waals surface area contributed by atoms with Gasteiger partial charge in [-0.05, 0) is 35.7 Å². The highest BCUT2D eigenvalue weighted by Crippen LogP contribution is 2.08. The van der Waals surface area contributed by atoms with Crippen LogP contribution in [0.3, 0.4) is 0 Å². The Morgan fingerprint density at radius 1 is 1.50 bits per heavy atom. The molecule has 1 N–H and O–H groups in total. The Labute approximate surface area is 100 Å². The molecule has 0 aliphatic carbocycles. The van der Waals surface area contributed by atoms with Crippen molar-refractivity contribution in [3.8, 4) is 0 Å². The average molecular weight is 235 g/mol. The molecule has 0 fully saturated rings. The maximum absolute atomic E-state index is 4.15. The summed E-state index contributed by atoms with van der Waals surface area (Å²) in [5.74, 6) is 0. The van der Waals surface area contributed by atoms with E-state index in [0.717, 1.165) is 13.0 Å². The number of hydrogen-bond donors (Lipinski definition) is 1. The average Bonchev–Trinajstić information content (AvgIpc) is 2.87. The fourth-order valence-electron chi connectivity index (χ4n) is 1.69. The van der Waals surface area contributed by atoms with Crippen molar-refractivity contribution in [2.75, 3.05) is 0 Å². The van der Waals surface area contributed by atoms with Gasteiger partial charge in [0, 0.05) is 31.4 Å². The van der Waals surface area contributed by atoms with E-state index in [1.807, 2.05) is 24.1 Å². The quantitative estimate of drug-likeness (QED) is 0.861. The SMILES string of the molecule is CC(Cc1ccsc1)NCc1cnn(C)c1. The van der Waals surface area contributed by atoms with Gasteiger partial charge in [0.25, 0.3) is 0 Å². The molecule has 3 nitrogen and oxygen atoms in total. The second kappa shape index (κ2) is 5.27. The zero-order valence-corrected chi connectivity index (χ0v) is 10.5. The molecule has 16 heavy (non-hydrogen) atoms. The molecule has 1 unspecified atom stereocenters. The van der Waals surface area contributed by atoms with Crippen molar-refractivity contribution < 1.29 is 0 Å². The van der Waals surface area contributed by atoms with Crippen molar-refractivity contribution in [3.05, 3.63) is 40.3 Å². The molecule has 86 valence electrons. The van der Waals surface area contributed by atoms with Crippen LogP contribution in [0.1, 0.15) is 18.1 Å². The van der Waals surface area contributed by atoms with E-state index in [1.165, 1.54) is 11.1 Å². The largest absolute Gasteiger partial charge is 0.310 e. The van der Waals surface area contributed by atoms with Gasteiger partial charge in [0.05, 0.1) is 6.20 Å². The molecule has 2 rings (SSSR count). The minimum atomic E-state index is 0.495. The third-order valence-corrected chi connectivity index (χ3v) is 3.27. The monoisotopic (exact) mass is 235 g/mol. The number of nitrogens with zero attached hydrogens (tertiary/aromatic N) is 2. The molecule has 2 aromatic rings. The Kier molecular flexibility index (Phi) is 3.74. The van der Waals surface area contributed by atoms with Crippen LogP contribution in [0.15, 0.2) is 29.2 Å². The summed E-state index contributed by atoms with van der Waals surface area (Å²) in [4.78, 5) is 0. The van der Waals surface area contributed by atoms with E-state index < -0.39 is 0 Å². The lowest BCUT2D eigenvalue weighted by molar-refractivity contribution is 0.546. The number of rotatable bonds is 5. The zero-order valence-electron chi connectivity index (χ0n) is 9.68. The zero-order chi connectivity index (χ0) is 11.4. The third kappa shape index (κ3) is 3.18. The number of thiophene rings is 1. The van der Waals surface area contributed by atoms with Gasteiger partial charge in [0.15, 0.2) is 0 Å². The van der Waals surface area contributed by atoms with Gasteiger partial charge in [-0.15, -0.1) is 0 Å². The Balaban J connectivity index is 1.77. The molecule has 2 heterocycles. The second-order valence-electron chi connectivity index (χ2n) is 4.14. The van der Waals surface area contributed by atoms with Crippen molar-refractivity contribution >= 4 is 11.3 Å². The minimum absolute atomic E-state index is 0.495. The highest BCUT2D eigenvalue weighted by atomic mass is 32.1. The minimum Gasteiger partial charge on any atom is -0.310 e. The topological polar surface area (TPSA) is 29.9 Å². The van der Waals surface area contributed by atoms with Crippen LogP contribution in [-0.4, -0.2) is 15.8 Å². The number of hydrogen-bond acceptors (Lipinski definition) is 3. The summed E-state index contributed by atoms with van der Waals surface area (Å²) < 4.78 is 1.83. The summed E-state index contributed by atoms with van der Waals surface area (Å²) in [5, 5.41) is 12.0. The van der Waals surface area contributed by atoms with Gasteiger partial charge >= 0.3 is 0 Å². The van der Waals surface area contributed by atoms with Crippen LogP contribution in [0.5, 0.6) is 0 Å². The number of aryl methyl sites for hydroxylation is 1. The molecule has 0 amide bonds. The molecule has 0 saturated heterocycles.